The van der Waals surface area contributed by atoms with Crippen molar-refractivity contribution in [2.75, 3.05) is 0 Å². The third kappa shape index (κ3) is 2.43. The van der Waals surface area contributed by atoms with Crippen LogP contribution in [0.3, 0.4) is 0 Å². The van der Waals surface area contributed by atoms with Gasteiger partial charge in [0.1, 0.15) is 0 Å². The summed E-state index contributed by atoms with van der Waals surface area (Å²) in [5.74, 6) is 0.318. The molecule has 19 heavy (non-hydrogen) atoms. The van der Waals surface area contributed by atoms with Crippen LogP contribution in [-0.4, -0.2) is 5.11 Å². The van der Waals surface area contributed by atoms with Crippen molar-refractivity contribution in [1.29, 1.82) is 0 Å². The zero-order valence-electron chi connectivity index (χ0n) is 11.6. The molecule has 1 N–H and O–H groups in total. The first-order valence-electron chi connectivity index (χ1n) is 6.96. The molecule has 0 spiro atoms. The molecule has 0 saturated carbocycles. The Morgan fingerprint density at radius 1 is 0.947 bits per heavy atom. The molecule has 0 heterocycles. The van der Waals surface area contributed by atoms with Gasteiger partial charge < -0.3 is 5.11 Å². The Morgan fingerprint density at radius 3 is 2.00 bits per heavy atom. The molecule has 0 saturated heterocycles. The van der Waals surface area contributed by atoms with Crippen molar-refractivity contribution in [1.82, 2.24) is 0 Å². The lowest BCUT2D eigenvalue weighted by molar-refractivity contribution is 0.113. The van der Waals surface area contributed by atoms with E-state index < -0.39 is 0 Å². The first kappa shape index (κ1) is 12.4. The topological polar surface area (TPSA) is 20.2 Å². The Labute approximate surface area is 114 Å². The Morgan fingerprint density at radius 2 is 1.47 bits per heavy atom. The SMILES string of the molecule is Cc1cc(C)cc(C(O)C2Cc3ccccc3C2)c1. The van der Waals surface area contributed by atoms with E-state index in [-0.39, 0.29) is 6.10 Å². The summed E-state index contributed by atoms with van der Waals surface area (Å²) in [6.07, 6.45) is 1.63. The molecule has 0 aromatic heterocycles. The van der Waals surface area contributed by atoms with Crippen LogP contribution in [0.4, 0.5) is 0 Å². The minimum absolute atomic E-state index is 0.318. The van der Waals surface area contributed by atoms with Gasteiger partial charge in [-0.25, -0.2) is 0 Å². The third-order valence-corrected chi connectivity index (χ3v) is 4.11. The van der Waals surface area contributed by atoms with Gasteiger partial charge in [-0.15, -0.1) is 0 Å². The lowest BCUT2D eigenvalue weighted by Crippen LogP contribution is -2.13. The average Bonchev–Trinajstić information content (AvgIpc) is 2.80. The molecule has 3 rings (SSSR count). The summed E-state index contributed by atoms with van der Waals surface area (Å²) in [5, 5.41) is 10.6. The number of fused-ring (bicyclic) bond motifs is 1. The first-order valence-corrected chi connectivity index (χ1v) is 6.96. The maximum Gasteiger partial charge on any atom is 0.0824 e. The predicted octanol–water partition coefficient (Wildman–Crippen LogP) is 3.75. The van der Waals surface area contributed by atoms with E-state index in [0.717, 1.165) is 18.4 Å². The lowest BCUT2D eigenvalue weighted by atomic mass is 9.91. The second kappa shape index (κ2) is 4.82. The van der Waals surface area contributed by atoms with Crippen molar-refractivity contribution < 1.29 is 5.11 Å². The fourth-order valence-corrected chi connectivity index (χ4v) is 3.27. The molecular formula is C18H20O. The summed E-state index contributed by atoms with van der Waals surface area (Å²) in [5.41, 5.74) is 6.32. The van der Waals surface area contributed by atoms with Crippen LogP contribution >= 0.6 is 0 Å². The van der Waals surface area contributed by atoms with E-state index >= 15 is 0 Å². The summed E-state index contributed by atoms with van der Waals surface area (Å²) >= 11 is 0. The van der Waals surface area contributed by atoms with Crippen molar-refractivity contribution in [3.05, 3.63) is 70.3 Å². The molecule has 0 bridgehead atoms. The minimum Gasteiger partial charge on any atom is -0.388 e. The van der Waals surface area contributed by atoms with Crippen LogP contribution in [0, 0.1) is 19.8 Å². The van der Waals surface area contributed by atoms with E-state index in [1.165, 1.54) is 22.3 Å². The van der Waals surface area contributed by atoms with Crippen molar-refractivity contribution in [3.8, 4) is 0 Å². The fraction of sp³-hybridized carbons (Fsp3) is 0.333. The van der Waals surface area contributed by atoms with Gasteiger partial charge in [0.25, 0.3) is 0 Å². The molecule has 1 nitrogen and oxygen atoms in total. The van der Waals surface area contributed by atoms with Crippen LogP contribution in [0.15, 0.2) is 42.5 Å². The smallest absolute Gasteiger partial charge is 0.0824 e. The Kier molecular flexibility index (Phi) is 3.16. The van der Waals surface area contributed by atoms with Crippen LogP contribution in [0.5, 0.6) is 0 Å². The highest BCUT2D eigenvalue weighted by Gasteiger charge is 2.28. The van der Waals surface area contributed by atoms with Crippen LogP contribution < -0.4 is 0 Å². The van der Waals surface area contributed by atoms with Gasteiger partial charge in [-0.3, -0.25) is 0 Å². The standard InChI is InChI=1S/C18H20O/c1-12-7-13(2)9-16(8-12)18(19)17-10-14-5-3-4-6-15(14)11-17/h3-9,17-19H,10-11H2,1-2H3. The summed E-state index contributed by atoms with van der Waals surface area (Å²) in [4.78, 5) is 0. The van der Waals surface area contributed by atoms with Gasteiger partial charge in [0, 0.05) is 0 Å². The van der Waals surface area contributed by atoms with Crippen LogP contribution in [0.2, 0.25) is 0 Å². The molecule has 2 aromatic carbocycles. The first-order chi connectivity index (χ1) is 9.13. The van der Waals surface area contributed by atoms with Gasteiger partial charge in [-0.2, -0.15) is 0 Å². The number of benzene rings is 2. The number of hydrogen-bond donors (Lipinski definition) is 1. The summed E-state index contributed by atoms with van der Waals surface area (Å²) < 4.78 is 0. The summed E-state index contributed by atoms with van der Waals surface area (Å²) in [6.45, 7) is 4.18. The minimum atomic E-state index is -0.356. The fourth-order valence-electron chi connectivity index (χ4n) is 3.27. The monoisotopic (exact) mass is 252 g/mol. The second-order valence-corrected chi connectivity index (χ2v) is 5.80. The largest absolute Gasteiger partial charge is 0.388 e. The highest BCUT2D eigenvalue weighted by Crippen LogP contribution is 2.35. The van der Waals surface area contributed by atoms with Crippen molar-refractivity contribution >= 4 is 0 Å². The Hall–Kier alpha value is -1.60. The van der Waals surface area contributed by atoms with Gasteiger partial charge in [0.2, 0.25) is 0 Å². The van der Waals surface area contributed by atoms with Gasteiger partial charge in [0.05, 0.1) is 6.10 Å². The van der Waals surface area contributed by atoms with Crippen molar-refractivity contribution in [2.45, 2.75) is 32.8 Å². The summed E-state index contributed by atoms with van der Waals surface area (Å²) in [6, 6.07) is 14.9. The molecule has 1 atom stereocenters. The molecule has 0 aliphatic heterocycles. The maximum atomic E-state index is 10.6. The molecule has 1 heteroatoms. The van der Waals surface area contributed by atoms with E-state index in [9.17, 15) is 5.11 Å². The maximum absolute atomic E-state index is 10.6. The average molecular weight is 252 g/mol. The van der Waals surface area contributed by atoms with Crippen molar-refractivity contribution in [2.24, 2.45) is 5.92 Å². The Balaban J connectivity index is 1.84. The second-order valence-electron chi connectivity index (χ2n) is 5.80. The van der Waals surface area contributed by atoms with E-state index in [0.29, 0.717) is 5.92 Å². The highest BCUT2D eigenvalue weighted by atomic mass is 16.3. The third-order valence-electron chi connectivity index (χ3n) is 4.11. The van der Waals surface area contributed by atoms with Crippen LogP contribution in [0.25, 0.3) is 0 Å². The normalized spacial score (nSPS) is 16.4. The lowest BCUT2D eigenvalue weighted by Gasteiger charge is -2.19. The highest BCUT2D eigenvalue weighted by molar-refractivity contribution is 5.35. The molecular weight excluding hydrogens is 232 g/mol. The van der Waals surface area contributed by atoms with Gasteiger partial charge >= 0.3 is 0 Å². The van der Waals surface area contributed by atoms with E-state index in [1.54, 1.807) is 0 Å². The molecule has 1 aliphatic rings. The van der Waals surface area contributed by atoms with Crippen LogP contribution in [-0.2, 0) is 12.8 Å². The quantitative estimate of drug-likeness (QED) is 0.863. The molecule has 1 unspecified atom stereocenters. The summed E-state index contributed by atoms with van der Waals surface area (Å²) in [7, 11) is 0. The van der Waals surface area contributed by atoms with Crippen molar-refractivity contribution in [3.63, 3.8) is 0 Å². The predicted molar refractivity (Wildman–Crippen MR) is 78.2 cm³/mol. The Bertz CT molecular complexity index is 555. The molecule has 2 aromatic rings. The molecule has 0 amide bonds. The van der Waals surface area contributed by atoms with E-state index in [1.807, 2.05) is 0 Å². The number of aliphatic hydroxyl groups excluding tert-OH is 1. The zero-order chi connectivity index (χ0) is 13.4. The molecule has 0 fully saturated rings. The van der Waals surface area contributed by atoms with E-state index in [2.05, 4.69) is 56.3 Å². The van der Waals surface area contributed by atoms with Gasteiger partial charge in [0.15, 0.2) is 0 Å². The number of rotatable bonds is 2. The molecule has 0 radical (unpaired) electrons. The number of aliphatic hydroxyl groups is 1. The van der Waals surface area contributed by atoms with Gasteiger partial charge in [-0.05, 0) is 49.3 Å². The zero-order valence-corrected chi connectivity index (χ0v) is 11.6. The number of hydrogen-bond acceptors (Lipinski definition) is 1. The van der Waals surface area contributed by atoms with Crippen LogP contribution in [0.1, 0.15) is 33.9 Å². The number of aryl methyl sites for hydroxylation is 2. The van der Waals surface area contributed by atoms with Gasteiger partial charge in [-0.1, -0.05) is 53.6 Å². The molecule has 1 aliphatic carbocycles. The molecule has 98 valence electrons. The van der Waals surface area contributed by atoms with E-state index in [4.69, 9.17) is 0 Å².